The van der Waals surface area contributed by atoms with Crippen LogP contribution in [0.15, 0.2) is 12.1 Å². The highest BCUT2D eigenvalue weighted by Gasteiger charge is 2.52. The summed E-state index contributed by atoms with van der Waals surface area (Å²) in [7, 11) is -0.412. The van der Waals surface area contributed by atoms with Crippen molar-refractivity contribution in [1.29, 1.82) is 0 Å². The maximum atomic E-state index is 12.2. The lowest BCUT2D eigenvalue weighted by Gasteiger charge is -2.36. The molecule has 1 amide bonds. The van der Waals surface area contributed by atoms with Crippen molar-refractivity contribution in [2.75, 3.05) is 31.1 Å². The molecule has 0 bridgehead atoms. The number of ether oxygens (including phenoxy) is 1. The molecule has 0 radical (unpaired) electrons. The Kier molecular flexibility index (Phi) is 7.70. The van der Waals surface area contributed by atoms with Gasteiger partial charge in [0.1, 0.15) is 11.4 Å². The first kappa shape index (κ1) is 25.5. The average molecular weight is 433 g/mol. The van der Waals surface area contributed by atoms with Gasteiger partial charge in [-0.05, 0) is 61.5 Å². The standard InChI is InChI=1S/C21H34BN3O4.C2H6/c1-15-16(22-28-20(5,6)21(7,8)29-22)9-10-17(23-15)24-11-13-25(14-12-24)18(26)27-19(2,3)4;1-2/h9-10H,11-14H2,1-8H3;1-2H3. The Balaban J connectivity index is 0.00000166. The quantitative estimate of drug-likeness (QED) is 0.662. The van der Waals surface area contributed by atoms with Gasteiger partial charge in [-0.2, -0.15) is 0 Å². The Hall–Kier alpha value is -1.80. The maximum absolute atomic E-state index is 12.2. The molecule has 7 nitrogen and oxygen atoms in total. The highest BCUT2D eigenvalue weighted by molar-refractivity contribution is 6.62. The SMILES string of the molecule is CC.Cc1nc(N2CCN(C(=O)OC(C)(C)C)CC2)ccc1B1OC(C)(C)C(C)(C)O1. The Labute approximate surface area is 188 Å². The topological polar surface area (TPSA) is 64.1 Å². The van der Waals surface area contributed by atoms with Crippen LogP contribution in [-0.4, -0.2) is 66.1 Å². The zero-order chi connectivity index (χ0) is 23.6. The summed E-state index contributed by atoms with van der Waals surface area (Å²) in [6, 6.07) is 4.05. The molecule has 0 atom stereocenters. The first-order valence-corrected chi connectivity index (χ1v) is 11.4. The van der Waals surface area contributed by atoms with E-state index in [2.05, 4.69) is 4.90 Å². The lowest BCUT2D eigenvalue weighted by Crippen LogP contribution is -2.50. The van der Waals surface area contributed by atoms with E-state index >= 15 is 0 Å². The fourth-order valence-corrected chi connectivity index (χ4v) is 3.40. The maximum Gasteiger partial charge on any atom is 0.496 e. The van der Waals surface area contributed by atoms with Crippen LogP contribution in [0.25, 0.3) is 0 Å². The lowest BCUT2D eigenvalue weighted by molar-refractivity contribution is 0.00578. The van der Waals surface area contributed by atoms with Crippen LogP contribution in [0.4, 0.5) is 10.6 Å². The second-order valence-electron chi connectivity index (χ2n) is 9.89. The van der Waals surface area contributed by atoms with Crippen LogP contribution in [0.2, 0.25) is 0 Å². The van der Waals surface area contributed by atoms with Crippen molar-refractivity contribution in [3.8, 4) is 0 Å². The number of amides is 1. The van der Waals surface area contributed by atoms with E-state index < -0.39 is 12.7 Å². The van der Waals surface area contributed by atoms with Gasteiger partial charge in [0.2, 0.25) is 0 Å². The fraction of sp³-hybridized carbons (Fsp3) is 0.739. The molecule has 2 aliphatic rings. The number of anilines is 1. The lowest BCUT2D eigenvalue weighted by atomic mass is 9.78. The van der Waals surface area contributed by atoms with Gasteiger partial charge in [-0.3, -0.25) is 0 Å². The predicted molar refractivity (Wildman–Crippen MR) is 126 cm³/mol. The van der Waals surface area contributed by atoms with Crippen LogP contribution in [0, 0.1) is 6.92 Å². The number of pyridine rings is 1. The van der Waals surface area contributed by atoms with Crippen LogP contribution < -0.4 is 10.4 Å². The van der Waals surface area contributed by atoms with Crippen molar-refractivity contribution in [3.63, 3.8) is 0 Å². The minimum atomic E-state index is -0.476. The molecule has 3 rings (SSSR count). The van der Waals surface area contributed by atoms with Gasteiger partial charge in [-0.25, -0.2) is 9.78 Å². The molecule has 31 heavy (non-hydrogen) atoms. The van der Waals surface area contributed by atoms with Crippen LogP contribution in [-0.2, 0) is 14.0 Å². The predicted octanol–water partition coefficient (Wildman–Crippen LogP) is 3.77. The molecule has 2 aliphatic heterocycles. The number of aromatic nitrogens is 1. The van der Waals surface area contributed by atoms with Gasteiger partial charge >= 0.3 is 13.2 Å². The molecule has 1 aromatic rings. The fourth-order valence-electron chi connectivity index (χ4n) is 3.40. The number of hydrogen-bond acceptors (Lipinski definition) is 6. The molecule has 2 saturated heterocycles. The number of piperazine rings is 1. The van der Waals surface area contributed by atoms with Crippen molar-refractivity contribution in [3.05, 3.63) is 17.8 Å². The number of aryl methyl sites for hydroxylation is 1. The molecule has 1 aromatic heterocycles. The third-order valence-corrected chi connectivity index (χ3v) is 5.87. The third kappa shape index (κ3) is 5.92. The molecular formula is C23H40BN3O4. The van der Waals surface area contributed by atoms with Gasteiger partial charge in [0.05, 0.1) is 11.2 Å². The van der Waals surface area contributed by atoms with Crippen LogP contribution in [0.3, 0.4) is 0 Å². The van der Waals surface area contributed by atoms with Gasteiger partial charge in [0.15, 0.2) is 0 Å². The Morgan fingerprint density at radius 1 is 1.03 bits per heavy atom. The summed E-state index contributed by atoms with van der Waals surface area (Å²) in [4.78, 5) is 21.0. The molecule has 0 unspecified atom stereocenters. The van der Waals surface area contributed by atoms with Crippen molar-refractivity contribution in [2.45, 2.75) is 86.0 Å². The second-order valence-corrected chi connectivity index (χ2v) is 9.89. The molecule has 0 aliphatic carbocycles. The Bertz CT molecular complexity index is 753. The summed E-state index contributed by atoms with van der Waals surface area (Å²) in [5, 5.41) is 0. The van der Waals surface area contributed by atoms with Gasteiger partial charge < -0.3 is 23.8 Å². The number of rotatable bonds is 2. The van der Waals surface area contributed by atoms with Crippen molar-refractivity contribution in [1.82, 2.24) is 9.88 Å². The second kappa shape index (κ2) is 9.37. The average Bonchev–Trinajstić information content (AvgIpc) is 2.89. The van der Waals surface area contributed by atoms with Crippen molar-refractivity contribution in [2.24, 2.45) is 0 Å². The van der Waals surface area contributed by atoms with E-state index in [4.69, 9.17) is 19.0 Å². The number of hydrogen-bond donors (Lipinski definition) is 0. The van der Waals surface area contributed by atoms with Gasteiger partial charge in [0, 0.05) is 37.3 Å². The highest BCUT2D eigenvalue weighted by atomic mass is 16.7. The minimum absolute atomic E-state index is 0.252. The molecule has 2 fully saturated rings. The molecule has 0 spiro atoms. The zero-order valence-electron chi connectivity index (χ0n) is 21.0. The summed E-state index contributed by atoms with van der Waals surface area (Å²) in [5.41, 5.74) is 0.632. The van der Waals surface area contributed by atoms with Crippen molar-refractivity contribution < 1.29 is 18.8 Å². The largest absolute Gasteiger partial charge is 0.496 e. The molecule has 0 aromatic carbocycles. The number of carbonyl (C=O) groups is 1. The van der Waals surface area contributed by atoms with Gasteiger partial charge in [-0.15, -0.1) is 0 Å². The molecule has 3 heterocycles. The summed E-state index contributed by atoms with van der Waals surface area (Å²) < 4.78 is 17.8. The van der Waals surface area contributed by atoms with Crippen molar-refractivity contribution >= 4 is 24.5 Å². The molecule has 174 valence electrons. The summed E-state index contributed by atoms with van der Waals surface area (Å²) in [6.45, 7) is 22.5. The molecular weight excluding hydrogens is 393 g/mol. The first-order chi connectivity index (χ1) is 14.3. The van der Waals surface area contributed by atoms with E-state index in [1.807, 2.05) is 81.4 Å². The smallest absolute Gasteiger partial charge is 0.444 e. The van der Waals surface area contributed by atoms with Gasteiger partial charge in [-0.1, -0.05) is 19.9 Å². The van der Waals surface area contributed by atoms with E-state index in [1.165, 1.54) is 0 Å². The van der Waals surface area contributed by atoms with Crippen LogP contribution >= 0.6 is 0 Å². The summed E-state index contributed by atoms with van der Waals surface area (Å²) in [6.07, 6.45) is -0.252. The number of nitrogens with zero attached hydrogens (tertiary/aromatic N) is 3. The molecule has 0 saturated carbocycles. The Morgan fingerprint density at radius 2 is 1.55 bits per heavy atom. The van der Waals surface area contributed by atoms with E-state index in [1.54, 1.807) is 4.90 Å². The third-order valence-electron chi connectivity index (χ3n) is 5.87. The monoisotopic (exact) mass is 433 g/mol. The number of carbonyl (C=O) groups excluding carboxylic acids is 1. The van der Waals surface area contributed by atoms with E-state index in [0.29, 0.717) is 13.1 Å². The molecule has 0 N–H and O–H groups in total. The zero-order valence-corrected chi connectivity index (χ0v) is 21.0. The Morgan fingerprint density at radius 3 is 2.00 bits per heavy atom. The van der Waals surface area contributed by atoms with E-state index in [0.717, 1.165) is 30.1 Å². The minimum Gasteiger partial charge on any atom is -0.444 e. The van der Waals surface area contributed by atoms with Crippen LogP contribution in [0.5, 0.6) is 0 Å². The van der Waals surface area contributed by atoms with E-state index in [9.17, 15) is 4.79 Å². The summed E-state index contributed by atoms with van der Waals surface area (Å²) in [5.74, 6) is 0.909. The molecule has 8 heteroatoms. The normalized spacial score (nSPS) is 20.3. The summed E-state index contributed by atoms with van der Waals surface area (Å²) >= 11 is 0. The van der Waals surface area contributed by atoms with Gasteiger partial charge in [0.25, 0.3) is 0 Å². The van der Waals surface area contributed by atoms with Crippen LogP contribution in [0.1, 0.15) is 68.0 Å². The first-order valence-electron chi connectivity index (χ1n) is 11.4. The van der Waals surface area contributed by atoms with E-state index in [-0.39, 0.29) is 17.3 Å². The highest BCUT2D eigenvalue weighted by Crippen LogP contribution is 2.36.